The largest absolute Gasteiger partial charge is 0.465 e. The number of hydrogen-bond acceptors (Lipinski definition) is 5. The van der Waals surface area contributed by atoms with Gasteiger partial charge >= 0.3 is 12.1 Å². The molecule has 1 aromatic carbocycles. The minimum Gasteiger partial charge on any atom is -0.465 e. The number of halogens is 3. The summed E-state index contributed by atoms with van der Waals surface area (Å²) in [5.41, 5.74) is -2.02. The summed E-state index contributed by atoms with van der Waals surface area (Å²) in [5, 5.41) is 8.97. The van der Waals surface area contributed by atoms with Gasteiger partial charge in [-0.15, -0.1) is 0 Å². The highest BCUT2D eigenvalue weighted by atomic mass is 32.2. The van der Waals surface area contributed by atoms with Gasteiger partial charge in [0.15, 0.2) is 4.75 Å². The Morgan fingerprint density at radius 1 is 1.38 bits per heavy atom. The number of sulfonamides is 1. The topological polar surface area (TPSA) is 87.5 Å². The van der Waals surface area contributed by atoms with Crippen LogP contribution in [0.5, 0.6) is 0 Å². The molecule has 0 radical (unpaired) electrons. The highest BCUT2D eigenvalue weighted by Crippen LogP contribution is 2.60. The van der Waals surface area contributed by atoms with Gasteiger partial charge in [-0.3, -0.25) is 9.10 Å². The number of alkyl halides is 3. The molecule has 0 N–H and O–H groups in total. The number of carbonyl (C=O) groups excluding carboxylic acids is 1. The van der Waals surface area contributed by atoms with Crippen LogP contribution in [-0.2, 0) is 25.7 Å². The number of benzene rings is 1. The van der Waals surface area contributed by atoms with Crippen molar-refractivity contribution in [1.29, 1.82) is 5.26 Å². The number of ether oxygens (including phenoxy) is 1. The quantitative estimate of drug-likeness (QED) is 0.548. The lowest BCUT2D eigenvalue weighted by atomic mass is 9.82. The average Bonchev–Trinajstić information content (AvgIpc) is 3.31. The van der Waals surface area contributed by atoms with Gasteiger partial charge in [0.25, 0.3) is 10.0 Å². The van der Waals surface area contributed by atoms with Crippen molar-refractivity contribution in [3.63, 3.8) is 0 Å². The van der Waals surface area contributed by atoms with E-state index < -0.39 is 49.9 Å². The van der Waals surface area contributed by atoms with E-state index in [-0.39, 0.29) is 24.8 Å². The van der Waals surface area contributed by atoms with Gasteiger partial charge in [0.05, 0.1) is 29.5 Å². The van der Waals surface area contributed by atoms with Crippen molar-refractivity contribution in [2.75, 3.05) is 17.5 Å². The minimum absolute atomic E-state index is 0.000980. The van der Waals surface area contributed by atoms with E-state index in [2.05, 4.69) is 0 Å². The van der Waals surface area contributed by atoms with Crippen LogP contribution in [0.4, 0.5) is 18.9 Å². The lowest BCUT2D eigenvalue weighted by Crippen LogP contribution is -2.54. The van der Waals surface area contributed by atoms with Gasteiger partial charge in [-0.25, -0.2) is 8.42 Å². The maximum Gasteiger partial charge on any atom is 0.417 e. The zero-order valence-corrected chi connectivity index (χ0v) is 16.1. The predicted molar refractivity (Wildman–Crippen MR) is 96.0 cm³/mol. The molecule has 6 nitrogen and oxygen atoms in total. The Hall–Kier alpha value is -2.54. The van der Waals surface area contributed by atoms with Crippen molar-refractivity contribution in [2.45, 2.75) is 24.3 Å². The zero-order chi connectivity index (χ0) is 21.2. The van der Waals surface area contributed by atoms with Crippen LogP contribution in [0.25, 0.3) is 0 Å². The fourth-order valence-electron chi connectivity index (χ4n) is 4.96. The molecule has 154 valence electrons. The molecule has 1 aliphatic heterocycles. The molecule has 4 rings (SSSR count). The molecular weight excluding hydrogens is 409 g/mol. The lowest BCUT2D eigenvalue weighted by molar-refractivity contribution is -0.148. The van der Waals surface area contributed by atoms with E-state index in [9.17, 15) is 26.4 Å². The Morgan fingerprint density at radius 2 is 2.10 bits per heavy atom. The second kappa shape index (κ2) is 6.23. The standard InChI is InChI=1S/C19H17F3N2O4S/c1-2-28-17(25)18-13-5-3-11(7-13)16(18)10-24(29(18,26)27)14-6-4-12(9-23)15(8-14)19(20,21)22/h3-6,8,11,13,16H,2,7,10H2,1H3. The van der Waals surface area contributed by atoms with E-state index in [0.717, 1.165) is 10.4 Å². The molecule has 1 saturated carbocycles. The van der Waals surface area contributed by atoms with Gasteiger partial charge in [-0.1, -0.05) is 12.2 Å². The van der Waals surface area contributed by atoms with E-state index >= 15 is 0 Å². The zero-order valence-electron chi connectivity index (χ0n) is 15.3. The van der Waals surface area contributed by atoms with Crippen LogP contribution in [0, 0.1) is 29.1 Å². The molecule has 4 atom stereocenters. The van der Waals surface area contributed by atoms with Crippen molar-refractivity contribution in [1.82, 2.24) is 0 Å². The fraction of sp³-hybridized carbons (Fsp3) is 0.474. The van der Waals surface area contributed by atoms with Crippen LogP contribution in [-0.4, -0.2) is 32.3 Å². The number of nitriles is 1. The summed E-state index contributed by atoms with van der Waals surface area (Å²) in [7, 11) is -4.36. The Bertz CT molecular complexity index is 1060. The summed E-state index contributed by atoms with van der Waals surface area (Å²) in [6, 6.07) is 4.25. The van der Waals surface area contributed by atoms with E-state index in [1.54, 1.807) is 13.0 Å². The second-order valence-corrected chi connectivity index (χ2v) is 9.45. The maximum absolute atomic E-state index is 13.6. The molecule has 2 fully saturated rings. The Morgan fingerprint density at radius 3 is 2.72 bits per heavy atom. The molecule has 4 unspecified atom stereocenters. The van der Waals surface area contributed by atoms with Crippen LogP contribution in [0.3, 0.4) is 0 Å². The van der Waals surface area contributed by atoms with Crippen LogP contribution < -0.4 is 4.31 Å². The Balaban J connectivity index is 1.85. The smallest absolute Gasteiger partial charge is 0.417 e. The SMILES string of the molecule is CCOC(=O)C12C3C=CC(C3)C1CN(c1ccc(C#N)c(C(F)(F)F)c1)S2(=O)=O. The lowest BCUT2D eigenvalue weighted by Gasteiger charge is -2.32. The van der Waals surface area contributed by atoms with Gasteiger partial charge in [-0.2, -0.15) is 18.4 Å². The highest BCUT2D eigenvalue weighted by molar-refractivity contribution is 7.95. The molecular formula is C19H17F3N2O4S. The van der Waals surface area contributed by atoms with Crippen molar-refractivity contribution in [3.05, 3.63) is 41.5 Å². The fourth-order valence-corrected chi connectivity index (χ4v) is 7.54. The second-order valence-electron chi connectivity index (χ2n) is 7.39. The first-order valence-corrected chi connectivity index (χ1v) is 10.5. The summed E-state index contributed by atoms with van der Waals surface area (Å²) in [6.45, 7) is 1.46. The van der Waals surface area contributed by atoms with E-state index in [1.807, 2.05) is 6.08 Å². The van der Waals surface area contributed by atoms with E-state index in [0.29, 0.717) is 12.5 Å². The van der Waals surface area contributed by atoms with Crippen LogP contribution in [0.15, 0.2) is 30.4 Å². The van der Waals surface area contributed by atoms with Crippen LogP contribution in [0.1, 0.15) is 24.5 Å². The monoisotopic (exact) mass is 426 g/mol. The Kier molecular flexibility index (Phi) is 4.24. The summed E-state index contributed by atoms with van der Waals surface area (Å²) in [6.07, 6.45) is -0.762. The minimum atomic E-state index is -4.82. The number of hydrogen-bond donors (Lipinski definition) is 0. The molecule has 0 amide bonds. The number of fused-ring (bicyclic) bond motifs is 5. The van der Waals surface area contributed by atoms with Crippen molar-refractivity contribution >= 4 is 21.7 Å². The summed E-state index contributed by atoms with van der Waals surface area (Å²) in [5.74, 6) is -2.20. The highest BCUT2D eigenvalue weighted by Gasteiger charge is 2.74. The summed E-state index contributed by atoms with van der Waals surface area (Å²) in [4.78, 5) is 12.9. The molecule has 29 heavy (non-hydrogen) atoms. The third-order valence-corrected chi connectivity index (χ3v) is 8.69. The molecule has 10 heteroatoms. The first kappa shape index (κ1) is 19.8. The summed E-state index contributed by atoms with van der Waals surface area (Å²) < 4.78 is 71.4. The number of carbonyl (C=O) groups is 1. The van der Waals surface area contributed by atoms with Gasteiger partial charge in [0, 0.05) is 18.4 Å². The van der Waals surface area contributed by atoms with Gasteiger partial charge in [0.2, 0.25) is 0 Å². The number of nitrogens with zero attached hydrogens (tertiary/aromatic N) is 2. The average molecular weight is 426 g/mol. The molecule has 1 saturated heterocycles. The number of esters is 1. The van der Waals surface area contributed by atoms with E-state index in [4.69, 9.17) is 10.00 Å². The predicted octanol–water partition coefficient (Wildman–Crippen LogP) is 2.85. The van der Waals surface area contributed by atoms with Gasteiger partial charge < -0.3 is 4.74 Å². The van der Waals surface area contributed by atoms with Crippen molar-refractivity contribution in [3.8, 4) is 6.07 Å². The van der Waals surface area contributed by atoms with E-state index in [1.165, 1.54) is 12.1 Å². The van der Waals surface area contributed by atoms with Crippen molar-refractivity contribution < 1.29 is 31.1 Å². The normalized spacial score (nSPS) is 31.6. The molecule has 3 aliphatic rings. The molecule has 1 heterocycles. The first-order chi connectivity index (χ1) is 13.6. The third kappa shape index (κ3) is 2.46. The Labute approximate surface area is 165 Å². The van der Waals surface area contributed by atoms with Crippen LogP contribution >= 0.6 is 0 Å². The first-order valence-electron chi connectivity index (χ1n) is 9.08. The molecule has 1 aromatic rings. The number of allylic oxidation sites excluding steroid dienone is 2. The third-order valence-electron chi connectivity index (χ3n) is 6.13. The number of rotatable bonds is 3. The van der Waals surface area contributed by atoms with Gasteiger partial charge in [-0.05, 0) is 37.5 Å². The molecule has 2 aliphatic carbocycles. The van der Waals surface area contributed by atoms with Gasteiger partial charge in [0.1, 0.15) is 0 Å². The molecule has 0 spiro atoms. The van der Waals surface area contributed by atoms with Crippen LogP contribution in [0.2, 0.25) is 0 Å². The molecule has 2 bridgehead atoms. The maximum atomic E-state index is 13.6. The summed E-state index contributed by atoms with van der Waals surface area (Å²) >= 11 is 0. The van der Waals surface area contributed by atoms with Crippen molar-refractivity contribution in [2.24, 2.45) is 17.8 Å². The number of anilines is 1. The molecule has 0 aromatic heterocycles.